The highest BCUT2D eigenvalue weighted by Gasteiger charge is 2.39. The first-order valence-corrected chi connectivity index (χ1v) is 8.54. The normalized spacial score (nSPS) is 12.8. The first kappa shape index (κ1) is 22.9. The van der Waals surface area contributed by atoms with Crippen LogP contribution in [0.25, 0.3) is 23.2 Å². The molecule has 1 amide bonds. The van der Waals surface area contributed by atoms with Crippen LogP contribution in [0, 0.1) is 0 Å². The van der Waals surface area contributed by atoms with E-state index in [-0.39, 0.29) is 17.7 Å². The Labute approximate surface area is 175 Å². The van der Waals surface area contributed by atoms with Gasteiger partial charge >= 0.3 is 12.4 Å². The van der Waals surface area contributed by atoms with Crippen LogP contribution in [0.1, 0.15) is 22.6 Å². The van der Waals surface area contributed by atoms with Crippen molar-refractivity contribution < 1.29 is 36.2 Å². The van der Waals surface area contributed by atoms with Gasteiger partial charge in [-0.3, -0.25) is 9.78 Å². The second-order valence-corrected chi connectivity index (χ2v) is 6.27. The van der Waals surface area contributed by atoms with Gasteiger partial charge in [-0.15, -0.1) is 5.10 Å². The fourth-order valence-corrected chi connectivity index (χ4v) is 2.51. The lowest BCUT2D eigenvalue weighted by atomic mass is 10.1. The molecule has 3 rings (SSSR count). The van der Waals surface area contributed by atoms with E-state index in [1.165, 1.54) is 18.3 Å². The summed E-state index contributed by atoms with van der Waals surface area (Å²) in [7, 11) is 0. The quantitative estimate of drug-likeness (QED) is 0.448. The number of hydrogen-bond donors (Lipinski definition) is 2. The van der Waals surface area contributed by atoms with Crippen molar-refractivity contribution in [2.24, 2.45) is 5.73 Å². The molecule has 0 saturated carbocycles. The molecule has 0 fully saturated rings. The number of primary amides is 1. The van der Waals surface area contributed by atoms with Gasteiger partial charge in [0.15, 0.2) is 5.82 Å². The Balaban J connectivity index is 2.04. The molecule has 0 saturated heterocycles. The summed E-state index contributed by atoms with van der Waals surface area (Å²) in [6, 6.07) is 3.62. The van der Waals surface area contributed by atoms with E-state index in [9.17, 15) is 31.1 Å². The van der Waals surface area contributed by atoms with E-state index >= 15 is 0 Å². The number of carbonyl (C=O) groups is 1. The van der Waals surface area contributed by atoms with E-state index in [1.54, 1.807) is 0 Å². The maximum absolute atomic E-state index is 13.0. The van der Waals surface area contributed by atoms with Gasteiger partial charge in [-0.2, -0.15) is 26.3 Å². The maximum atomic E-state index is 13.0. The number of aromatic nitrogens is 5. The van der Waals surface area contributed by atoms with Gasteiger partial charge in [-0.05, 0) is 18.2 Å². The summed E-state index contributed by atoms with van der Waals surface area (Å²) in [5.74, 6) is -1.39. The predicted octanol–water partition coefficient (Wildman–Crippen LogP) is 2.75. The van der Waals surface area contributed by atoms with E-state index < -0.39 is 41.0 Å². The molecule has 14 heteroatoms. The Kier molecular flexibility index (Phi) is 5.98. The minimum Gasteiger partial charge on any atom is -0.390 e. The standard InChI is InChI=1S/C18H12F6N6O2/c19-17(20,21)13-3-10(4-14(28-13)18(22,23)24)16-27-8-30(29-16)6-12(15(25)32)9-1-2-11(7-31)26-5-9/h1-6,8,31H,7H2,(H2,25,32)/b12-6+. The Morgan fingerprint density at radius 3 is 2.16 bits per heavy atom. The molecule has 3 aromatic rings. The molecule has 0 unspecified atom stereocenters. The number of alkyl halides is 6. The Bertz CT molecular complexity index is 1140. The van der Waals surface area contributed by atoms with E-state index in [0.29, 0.717) is 17.8 Å². The monoisotopic (exact) mass is 458 g/mol. The molecule has 32 heavy (non-hydrogen) atoms. The summed E-state index contributed by atoms with van der Waals surface area (Å²) in [6.07, 6.45) is -6.98. The molecule has 3 aromatic heterocycles. The zero-order valence-electron chi connectivity index (χ0n) is 15.7. The molecular weight excluding hydrogens is 446 g/mol. The van der Waals surface area contributed by atoms with Crippen LogP contribution < -0.4 is 5.73 Å². The fourth-order valence-electron chi connectivity index (χ4n) is 2.51. The fraction of sp³-hybridized carbons (Fsp3) is 0.167. The van der Waals surface area contributed by atoms with E-state index in [2.05, 4.69) is 20.1 Å². The third kappa shape index (κ3) is 5.08. The van der Waals surface area contributed by atoms with Gasteiger partial charge in [-0.25, -0.2) is 14.6 Å². The average molecular weight is 458 g/mol. The third-order valence-corrected chi connectivity index (χ3v) is 4.00. The van der Waals surface area contributed by atoms with Crippen LogP contribution in [0.15, 0.2) is 36.8 Å². The van der Waals surface area contributed by atoms with Crippen LogP contribution >= 0.6 is 0 Å². The minimum absolute atomic E-state index is 0.125. The lowest BCUT2D eigenvalue weighted by Crippen LogP contribution is -2.15. The number of hydrogen-bond acceptors (Lipinski definition) is 6. The van der Waals surface area contributed by atoms with Crippen molar-refractivity contribution in [2.45, 2.75) is 19.0 Å². The van der Waals surface area contributed by atoms with Crippen LogP contribution in [0.3, 0.4) is 0 Å². The van der Waals surface area contributed by atoms with Crippen molar-refractivity contribution in [1.82, 2.24) is 24.7 Å². The number of carbonyl (C=O) groups excluding carboxylic acids is 1. The number of pyridine rings is 2. The van der Waals surface area contributed by atoms with Gasteiger partial charge in [0.2, 0.25) is 0 Å². The largest absolute Gasteiger partial charge is 0.433 e. The lowest BCUT2D eigenvalue weighted by Gasteiger charge is -2.11. The number of aliphatic hydroxyl groups is 1. The highest BCUT2D eigenvalue weighted by Crippen LogP contribution is 2.35. The summed E-state index contributed by atoms with van der Waals surface area (Å²) in [5, 5.41) is 12.8. The van der Waals surface area contributed by atoms with Gasteiger partial charge in [0.05, 0.1) is 17.9 Å². The molecule has 3 heterocycles. The summed E-state index contributed by atoms with van der Waals surface area (Å²) < 4.78 is 78.9. The molecule has 0 aromatic carbocycles. The first-order valence-electron chi connectivity index (χ1n) is 8.54. The summed E-state index contributed by atoms with van der Waals surface area (Å²) in [6.45, 7) is -0.339. The van der Waals surface area contributed by atoms with Gasteiger partial charge in [-0.1, -0.05) is 6.07 Å². The summed E-state index contributed by atoms with van der Waals surface area (Å²) in [4.78, 5) is 22.0. The minimum atomic E-state index is -5.13. The second kappa shape index (κ2) is 8.37. The van der Waals surface area contributed by atoms with Crippen molar-refractivity contribution in [3.05, 3.63) is 59.4 Å². The predicted molar refractivity (Wildman–Crippen MR) is 96.8 cm³/mol. The molecule has 0 aliphatic heterocycles. The van der Waals surface area contributed by atoms with Crippen molar-refractivity contribution in [2.75, 3.05) is 0 Å². The summed E-state index contributed by atoms with van der Waals surface area (Å²) in [5.41, 5.74) is 1.66. The lowest BCUT2D eigenvalue weighted by molar-refractivity contribution is -0.150. The van der Waals surface area contributed by atoms with E-state index in [4.69, 9.17) is 10.8 Å². The Morgan fingerprint density at radius 1 is 1.06 bits per heavy atom. The highest BCUT2D eigenvalue weighted by atomic mass is 19.4. The molecule has 168 valence electrons. The zero-order valence-corrected chi connectivity index (χ0v) is 15.7. The van der Waals surface area contributed by atoms with Crippen molar-refractivity contribution in [1.29, 1.82) is 0 Å². The zero-order chi connectivity index (χ0) is 23.7. The molecule has 0 atom stereocenters. The van der Waals surface area contributed by atoms with Gasteiger partial charge in [0.1, 0.15) is 17.7 Å². The van der Waals surface area contributed by atoms with Crippen LogP contribution in [-0.2, 0) is 23.8 Å². The van der Waals surface area contributed by atoms with Crippen molar-refractivity contribution in [3.8, 4) is 11.4 Å². The van der Waals surface area contributed by atoms with E-state index in [1.807, 2.05) is 0 Å². The molecule has 0 spiro atoms. The SMILES string of the molecule is NC(=O)/C(=C/n1cnc(-c2cc(C(F)(F)F)nc(C(F)(F)F)c2)n1)c1ccc(CO)nc1. The molecular formula is C18H12F6N6O2. The number of aliphatic hydroxyl groups excluding tert-OH is 1. The summed E-state index contributed by atoms with van der Waals surface area (Å²) >= 11 is 0. The van der Waals surface area contributed by atoms with Gasteiger partial charge in [0.25, 0.3) is 5.91 Å². The number of nitrogens with two attached hydrogens (primary N) is 1. The number of nitrogens with zero attached hydrogens (tertiary/aromatic N) is 5. The van der Waals surface area contributed by atoms with E-state index in [0.717, 1.165) is 17.2 Å². The van der Waals surface area contributed by atoms with Crippen LogP contribution in [0.4, 0.5) is 26.3 Å². The molecule has 0 bridgehead atoms. The van der Waals surface area contributed by atoms with Gasteiger partial charge < -0.3 is 10.8 Å². The molecule has 0 aliphatic carbocycles. The molecule has 0 radical (unpaired) electrons. The highest BCUT2D eigenvalue weighted by molar-refractivity contribution is 6.22. The Morgan fingerprint density at radius 2 is 1.69 bits per heavy atom. The molecule has 8 nitrogen and oxygen atoms in total. The van der Waals surface area contributed by atoms with Crippen molar-refractivity contribution >= 4 is 17.7 Å². The van der Waals surface area contributed by atoms with Crippen LogP contribution in [0.2, 0.25) is 0 Å². The molecule has 0 aliphatic rings. The smallest absolute Gasteiger partial charge is 0.390 e. The van der Waals surface area contributed by atoms with Crippen LogP contribution in [-0.4, -0.2) is 35.7 Å². The topological polar surface area (TPSA) is 120 Å². The number of amides is 1. The molecule has 3 N–H and O–H groups in total. The van der Waals surface area contributed by atoms with Crippen molar-refractivity contribution in [3.63, 3.8) is 0 Å². The Hall–Kier alpha value is -3.81. The van der Waals surface area contributed by atoms with Crippen LogP contribution in [0.5, 0.6) is 0 Å². The third-order valence-electron chi connectivity index (χ3n) is 4.00. The van der Waals surface area contributed by atoms with Gasteiger partial charge in [0, 0.05) is 23.5 Å². The average Bonchev–Trinajstić information content (AvgIpc) is 3.19. The number of rotatable bonds is 5. The first-order chi connectivity index (χ1) is 14.9. The number of halogens is 6. The second-order valence-electron chi connectivity index (χ2n) is 6.27. The maximum Gasteiger partial charge on any atom is 0.433 e.